The minimum Gasteiger partial charge on any atom is -0.395 e. The van der Waals surface area contributed by atoms with Crippen molar-refractivity contribution in [3.8, 4) is 11.8 Å². The van der Waals surface area contributed by atoms with Crippen molar-refractivity contribution in [3.63, 3.8) is 0 Å². The van der Waals surface area contributed by atoms with Gasteiger partial charge >= 0.3 is 0 Å². The molecule has 0 aliphatic heterocycles. The molecule has 21 heavy (non-hydrogen) atoms. The van der Waals surface area contributed by atoms with Gasteiger partial charge in [-0.1, -0.05) is 11.8 Å². The molecule has 110 valence electrons. The topological polar surface area (TPSA) is 67.2 Å². The fourth-order valence-electron chi connectivity index (χ4n) is 1.75. The molecule has 2 N–H and O–H groups in total. The third-order valence-electron chi connectivity index (χ3n) is 2.79. The molecule has 2 aromatic heterocycles. The number of hydrogen-bond donors (Lipinski definition) is 2. The Morgan fingerprint density at radius 3 is 3.05 bits per heavy atom. The molecule has 0 saturated carbocycles. The van der Waals surface area contributed by atoms with E-state index in [4.69, 9.17) is 5.11 Å². The highest BCUT2D eigenvalue weighted by Gasteiger charge is 2.11. The van der Waals surface area contributed by atoms with Crippen molar-refractivity contribution in [3.05, 3.63) is 39.3 Å². The summed E-state index contributed by atoms with van der Waals surface area (Å²) in [5, 5.41) is 15.6. The van der Waals surface area contributed by atoms with Crippen LogP contribution in [0.25, 0.3) is 0 Å². The van der Waals surface area contributed by atoms with E-state index in [1.165, 1.54) is 11.3 Å². The van der Waals surface area contributed by atoms with Gasteiger partial charge in [0.1, 0.15) is 0 Å². The van der Waals surface area contributed by atoms with Crippen LogP contribution >= 0.6 is 11.3 Å². The Kier molecular flexibility index (Phi) is 5.14. The van der Waals surface area contributed by atoms with Crippen molar-refractivity contribution in [2.45, 2.75) is 19.9 Å². The highest BCUT2D eigenvalue weighted by Crippen LogP contribution is 2.21. The van der Waals surface area contributed by atoms with Crippen molar-refractivity contribution in [1.29, 1.82) is 0 Å². The number of aliphatic hydroxyl groups is 1. The van der Waals surface area contributed by atoms with Crippen molar-refractivity contribution in [2.24, 2.45) is 7.05 Å². The minimum atomic E-state index is -0.109. The maximum Gasteiger partial charge on any atom is 0.261 e. The van der Waals surface area contributed by atoms with Gasteiger partial charge in [-0.15, -0.1) is 11.3 Å². The summed E-state index contributed by atoms with van der Waals surface area (Å²) in [7, 11) is 1.84. The molecule has 0 radical (unpaired) electrons. The van der Waals surface area contributed by atoms with Gasteiger partial charge in [-0.2, -0.15) is 5.10 Å². The zero-order valence-corrected chi connectivity index (χ0v) is 12.8. The van der Waals surface area contributed by atoms with Crippen LogP contribution in [0.3, 0.4) is 0 Å². The number of hydrogen-bond acceptors (Lipinski definition) is 4. The number of nitrogens with one attached hydrogen (secondary N) is 1. The minimum absolute atomic E-state index is 0.0515. The molecule has 0 unspecified atom stereocenters. The van der Waals surface area contributed by atoms with E-state index in [1.807, 2.05) is 26.2 Å². The van der Waals surface area contributed by atoms with Gasteiger partial charge < -0.3 is 10.4 Å². The largest absolute Gasteiger partial charge is 0.395 e. The average molecular weight is 303 g/mol. The Morgan fingerprint density at radius 1 is 1.57 bits per heavy atom. The van der Waals surface area contributed by atoms with Crippen LogP contribution in [-0.2, 0) is 13.6 Å². The fraction of sp³-hybridized carbons (Fsp3) is 0.333. The number of rotatable bonds is 4. The van der Waals surface area contributed by atoms with Crippen LogP contribution in [-0.4, -0.2) is 27.4 Å². The van der Waals surface area contributed by atoms with Crippen molar-refractivity contribution >= 4 is 17.2 Å². The summed E-state index contributed by atoms with van der Waals surface area (Å²) in [6.07, 6.45) is 4.04. The maximum absolute atomic E-state index is 12.1. The highest BCUT2D eigenvalue weighted by molar-refractivity contribution is 7.14. The second kappa shape index (κ2) is 7.07. The molecule has 6 heteroatoms. The summed E-state index contributed by atoms with van der Waals surface area (Å²) in [5.74, 6) is 5.75. The van der Waals surface area contributed by atoms with Crippen molar-refractivity contribution in [2.75, 3.05) is 6.61 Å². The lowest BCUT2D eigenvalue weighted by Crippen LogP contribution is -2.21. The summed E-state index contributed by atoms with van der Waals surface area (Å²) >= 11 is 1.37. The number of aryl methyl sites for hydroxylation is 2. The van der Waals surface area contributed by atoms with Crippen molar-refractivity contribution < 1.29 is 9.90 Å². The van der Waals surface area contributed by atoms with Gasteiger partial charge in [-0.05, 0) is 18.6 Å². The normalized spacial score (nSPS) is 10.0. The Labute approximate surface area is 127 Å². The predicted molar refractivity (Wildman–Crippen MR) is 82.0 cm³/mol. The van der Waals surface area contributed by atoms with Crippen LogP contribution in [0.4, 0.5) is 0 Å². The number of aliphatic hydroxyl groups excluding tert-OH is 1. The van der Waals surface area contributed by atoms with E-state index >= 15 is 0 Å². The van der Waals surface area contributed by atoms with E-state index in [-0.39, 0.29) is 12.5 Å². The van der Waals surface area contributed by atoms with Crippen LogP contribution in [0.1, 0.15) is 32.1 Å². The standard InChI is InChI=1S/C15H17N3O2S/c1-11-7-14(21-13(11)5-3-4-6-19)15(20)16-8-12-9-17-18(2)10-12/h7,9-10,19H,4,6,8H2,1-2H3,(H,16,20). The van der Waals surface area contributed by atoms with Crippen LogP contribution in [0.5, 0.6) is 0 Å². The Hall–Kier alpha value is -2.10. The number of carbonyl (C=O) groups is 1. The first kappa shape index (κ1) is 15.3. The van der Waals surface area contributed by atoms with E-state index in [0.29, 0.717) is 17.8 Å². The van der Waals surface area contributed by atoms with Gasteiger partial charge in [0.15, 0.2) is 0 Å². The molecule has 1 amide bonds. The third-order valence-corrected chi connectivity index (χ3v) is 3.94. The smallest absolute Gasteiger partial charge is 0.261 e. The molecule has 2 heterocycles. The quantitative estimate of drug-likeness (QED) is 0.840. The van der Waals surface area contributed by atoms with Crippen LogP contribution in [0.2, 0.25) is 0 Å². The molecule has 0 saturated heterocycles. The lowest BCUT2D eigenvalue weighted by molar-refractivity contribution is 0.0955. The Bertz CT molecular complexity index is 691. The van der Waals surface area contributed by atoms with Gasteiger partial charge in [0.05, 0.1) is 22.6 Å². The van der Waals surface area contributed by atoms with Crippen LogP contribution in [0.15, 0.2) is 18.5 Å². The monoisotopic (exact) mass is 303 g/mol. The average Bonchev–Trinajstić information content (AvgIpc) is 3.03. The number of amides is 1. The van der Waals surface area contributed by atoms with E-state index < -0.39 is 0 Å². The lowest BCUT2D eigenvalue weighted by atomic mass is 10.2. The predicted octanol–water partition coefficient (Wildman–Crippen LogP) is 1.45. The number of thiophene rings is 1. The Balaban J connectivity index is 2.00. The second-order valence-corrected chi connectivity index (χ2v) is 5.66. The van der Waals surface area contributed by atoms with E-state index in [9.17, 15) is 4.79 Å². The van der Waals surface area contributed by atoms with Crippen LogP contribution in [0, 0.1) is 18.8 Å². The molecule has 0 aromatic carbocycles. The first-order chi connectivity index (χ1) is 10.1. The maximum atomic E-state index is 12.1. The molecule has 2 rings (SSSR count). The van der Waals surface area contributed by atoms with Gasteiger partial charge in [0.25, 0.3) is 5.91 Å². The first-order valence-corrected chi connectivity index (χ1v) is 7.37. The lowest BCUT2D eigenvalue weighted by Gasteiger charge is -2.00. The zero-order chi connectivity index (χ0) is 15.2. The SMILES string of the molecule is Cc1cc(C(=O)NCc2cnn(C)c2)sc1C#CCCO. The molecule has 5 nitrogen and oxygen atoms in total. The van der Waals surface area contributed by atoms with E-state index in [0.717, 1.165) is 16.0 Å². The summed E-state index contributed by atoms with van der Waals surface area (Å²) < 4.78 is 1.70. The van der Waals surface area contributed by atoms with Gasteiger partial charge in [-0.25, -0.2) is 0 Å². The van der Waals surface area contributed by atoms with Gasteiger partial charge in [0, 0.05) is 31.8 Å². The molecule has 0 atom stereocenters. The summed E-state index contributed by atoms with van der Waals surface area (Å²) in [4.78, 5) is 13.6. The number of nitrogens with zero attached hydrogens (tertiary/aromatic N) is 2. The second-order valence-electron chi connectivity index (χ2n) is 4.60. The number of carbonyl (C=O) groups excluding carboxylic acids is 1. The van der Waals surface area contributed by atoms with E-state index in [1.54, 1.807) is 10.9 Å². The van der Waals surface area contributed by atoms with E-state index in [2.05, 4.69) is 22.3 Å². The fourth-order valence-corrected chi connectivity index (χ4v) is 2.71. The van der Waals surface area contributed by atoms with Gasteiger partial charge in [-0.3, -0.25) is 9.48 Å². The molecule has 0 spiro atoms. The molecule has 0 aliphatic rings. The molecule has 0 aliphatic carbocycles. The third kappa shape index (κ3) is 4.18. The summed E-state index contributed by atoms with van der Waals surface area (Å²) in [5.41, 5.74) is 1.94. The number of aromatic nitrogens is 2. The van der Waals surface area contributed by atoms with Crippen LogP contribution < -0.4 is 5.32 Å². The molecular weight excluding hydrogens is 286 g/mol. The summed E-state index contributed by atoms with van der Waals surface area (Å²) in [6.45, 7) is 2.43. The molecular formula is C15H17N3O2S. The molecule has 0 bridgehead atoms. The Morgan fingerprint density at radius 2 is 2.38 bits per heavy atom. The zero-order valence-electron chi connectivity index (χ0n) is 12.0. The van der Waals surface area contributed by atoms with Gasteiger partial charge in [0.2, 0.25) is 0 Å². The highest BCUT2D eigenvalue weighted by atomic mass is 32.1. The van der Waals surface area contributed by atoms with Crippen molar-refractivity contribution in [1.82, 2.24) is 15.1 Å². The summed E-state index contributed by atoms with van der Waals surface area (Å²) in [6, 6.07) is 1.84. The first-order valence-electron chi connectivity index (χ1n) is 6.56. The molecule has 0 fully saturated rings. The molecule has 2 aromatic rings.